The summed E-state index contributed by atoms with van der Waals surface area (Å²) in [5, 5.41) is 5.58. The molecule has 2 amide bonds. The molecular formula is C22H27N3O2. The Morgan fingerprint density at radius 1 is 0.815 bits per heavy atom. The lowest BCUT2D eigenvalue weighted by Crippen LogP contribution is -2.29. The molecule has 142 valence electrons. The SMILES string of the molecule is Cc1cc(C)cc(NC(=O)CC(=O)Nc2ccc(N3CCCCC3)cc2)c1. The number of nitrogens with zero attached hydrogens (tertiary/aromatic N) is 1. The molecule has 1 aliphatic rings. The highest BCUT2D eigenvalue weighted by molar-refractivity contribution is 6.08. The molecule has 0 saturated carbocycles. The van der Waals surface area contributed by atoms with E-state index in [0.29, 0.717) is 5.69 Å². The lowest BCUT2D eigenvalue weighted by atomic mass is 10.1. The number of rotatable bonds is 5. The summed E-state index contributed by atoms with van der Waals surface area (Å²) < 4.78 is 0. The van der Waals surface area contributed by atoms with Crippen molar-refractivity contribution in [2.75, 3.05) is 28.6 Å². The van der Waals surface area contributed by atoms with Crippen LogP contribution in [-0.4, -0.2) is 24.9 Å². The molecule has 0 unspecified atom stereocenters. The molecule has 5 heteroatoms. The van der Waals surface area contributed by atoms with E-state index in [9.17, 15) is 9.59 Å². The zero-order valence-electron chi connectivity index (χ0n) is 16.0. The van der Waals surface area contributed by atoms with Crippen LogP contribution in [0.5, 0.6) is 0 Å². The van der Waals surface area contributed by atoms with Gasteiger partial charge in [0.1, 0.15) is 6.42 Å². The van der Waals surface area contributed by atoms with E-state index >= 15 is 0 Å². The molecule has 0 spiro atoms. The first kappa shape index (κ1) is 19.0. The molecule has 0 aliphatic carbocycles. The zero-order valence-corrected chi connectivity index (χ0v) is 16.0. The number of hydrogen-bond donors (Lipinski definition) is 2. The van der Waals surface area contributed by atoms with Gasteiger partial charge >= 0.3 is 0 Å². The summed E-state index contributed by atoms with van der Waals surface area (Å²) in [5.74, 6) is -0.634. The fourth-order valence-corrected chi connectivity index (χ4v) is 3.51. The number of aryl methyl sites for hydroxylation is 2. The Hall–Kier alpha value is -2.82. The fraction of sp³-hybridized carbons (Fsp3) is 0.364. The Morgan fingerprint density at radius 2 is 1.37 bits per heavy atom. The van der Waals surface area contributed by atoms with Gasteiger partial charge in [0.2, 0.25) is 11.8 Å². The van der Waals surface area contributed by atoms with Crippen LogP contribution in [-0.2, 0) is 9.59 Å². The maximum atomic E-state index is 12.2. The fourth-order valence-electron chi connectivity index (χ4n) is 3.51. The topological polar surface area (TPSA) is 61.4 Å². The van der Waals surface area contributed by atoms with Gasteiger partial charge in [-0.05, 0) is 80.6 Å². The molecule has 1 heterocycles. The number of piperidine rings is 1. The van der Waals surface area contributed by atoms with Gasteiger partial charge in [-0.15, -0.1) is 0 Å². The quantitative estimate of drug-likeness (QED) is 0.778. The Morgan fingerprint density at radius 3 is 1.96 bits per heavy atom. The van der Waals surface area contributed by atoms with Crippen LogP contribution in [0.25, 0.3) is 0 Å². The van der Waals surface area contributed by atoms with Crippen LogP contribution < -0.4 is 15.5 Å². The highest BCUT2D eigenvalue weighted by Crippen LogP contribution is 2.22. The summed E-state index contributed by atoms with van der Waals surface area (Å²) in [7, 11) is 0. The summed E-state index contributed by atoms with van der Waals surface area (Å²) in [6, 6.07) is 13.7. The molecule has 1 fully saturated rings. The largest absolute Gasteiger partial charge is 0.372 e. The van der Waals surface area contributed by atoms with Crippen LogP contribution in [0.2, 0.25) is 0 Å². The van der Waals surface area contributed by atoms with Gasteiger partial charge in [0, 0.05) is 30.2 Å². The number of amides is 2. The third kappa shape index (κ3) is 5.58. The van der Waals surface area contributed by atoms with E-state index in [0.717, 1.165) is 29.9 Å². The van der Waals surface area contributed by atoms with Gasteiger partial charge in [0.15, 0.2) is 0 Å². The van der Waals surface area contributed by atoms with Crippen LogP contribution in [0.4, 0.5) is 17.1 Å². The minimum absolute atomic E-state index is 0.207. The van der Waals surface area contributed by atoms with E-state index in [1.165, 1.54) is 24.9 Å². The molecule has 0 radical (unpaired) electrons. The average Bonchev–Trinajstić information content (AvgIpc) is 2.62. The number of carbonyl (C=O) groups excluding carboxylic acids is 2. The monoisotopic (exact) mass is 365 g/mol. The molecule has 0 bridgehead atoms. The second-order valence-electron chi connectivity index (χ2n) is 7.24. The second kappa shape index (κ2) is 8.71. The summed E-state index contributed by atoms with van der Waals surface area (Å²) in [6.45, 7) is 6.13. The van der Waals surface area contributed by atoms with Crippen molar-refractivity contribution in [2.45, 2.75) is 39.5 Å². The minimum Gasteiger partial charge on any atom is -0.372 e. The lowest BCUT2D eigenvalue weighted by molar-refractivity contribution is -0.123. The van der Waals surface area contributed by atoms with Crippen molar-refractivity contribution in [2.24, 2.45) is 0 Å². The molecule has 1 saturated heterocycles. The maximum absolute atomic E-state index is 12.2. The van der Waals surface area contributed by atoms with Crippen molar-refractivity contribution in [1.82, 2.24) is 0 Å². The second-order valence-corrected chi connectivity index (χ2v) is 7.24. The first-order chi connectivity index (χ1) is 13.0. The van der Waals surface area contributed by atoms with Crippen LogP contribution in [0.15, 0.2) is 42.5 Å². The van der Waals surface area contributed by atoms with Gasteiger partial charge in [-0.2, -0.15) is 0 Å². The van der Waals surface area contributed by atoms with Crippen LogP contribution in [0.3, 0.4) is 0 Å². The van der Waals surface area contributed by atoms with Gasteiger partial charge < -0.3 is 15.5 Å². The van der Waals surface area contributed by atoms with Gasteiger partial charge in [0.05, 0.1) is 0 Å². The van der Waals surface area contributed by atoms with E-state index in [1.54, 1.807) is 0 Å². The van der Waals surface area contributed by atoms with E-state index in [-0.39, 0.29) is 18.2 Å². The van der Waals surface area contributed by atoms with E-state index in [2.05, 4.69) is 15.5 Å². The first-order valence-electron chi connectivity index (χ1n) is 9.52. The van der Waals surface area contributed by atoms with Gasteiger partial charge in [-0.1, -0.05) is 6.07 Å². The summed E-state index contributed by atoms with van der Waals surface area (Å²) in [6.07, 6.45) is 3.55. The normalized spacial score (nSPS) is 13.9. The Balaban J connectivity index is 1.51. The molecule has 5 nitrogen and oxygen atoms in total. The molecule has 2 N–H and O–H groups in total. The molecule has 2 aromatic carbocycles. The smallest absolute Gasteiger partial charge is 0.233 e. The third-order valence-electron chi connectivity index (χ3n) is 4.70. The van der Waals surface area contributed by atoms with Crippen molar-refractivity contribution in [3.05, 3.63) is 53.6 Å². The van der Waals surface area contributed by atoms with Gasteiger partial charge in [0.25, 0.3) is 0 Å². The first-order valence-corrected chi connectivity index (χ1v) is 9.52. The van der Waals surface area contributed by atoms with Crippen molar-refractivity contribution in [3.63, 3.8) is 0 Å². The van der Waals surface area contributed by atoms with Crippen LogP contribution in [0.1, 0.15) is 36.8 Å². The van der Waals surface area contributed by atoms with Crippen molar-refractivity contribution in [1.29, 1.82) is 0 Å². The molecule has 0 atom stereocenters. The van der Waals surface area contributed by atoms with Gasteiger partial charge in [-0.3, -0.25) is 9.59 Å². The van der Waals surface area contributed by atoms with Crippen LogP contribution >= 0.6 is 0 Å². The number of anilines is 3. The molecular weight excluding hydrogens is 338 g/mol. The summed E-state index contributed by atoms with van der Waals surface area (Å²) >= 11 is 0. The molecule has 2 aromatic rings. The number of hydrogen-bond acceptors (Lipinski definition) is 3. The number of benzene rings is 2. The maximum Gasteiger partial charge on any atom is 0.233 e. The molecule has 3 rings (SSSR count). The van der Waals surface area contributed by atoms with E-state index < -0.39 is 0 Å². The highest BCUT2D eigenvalue weighted by atomic mass is 16.2. The average molecular weight is 365 g/mol. The minimum atomic E-state index is -0.317. The van der Waals surface area contributed by atoms with Crippen LogP contribution in [0, 0.1) is 13.8 Å². The van der Waals surface area contributed by atoms with Gasteiger partial charge in [-0.25, -0.2) is 0 Å². The van der Waals surface area contributed by atoms with Crippen molar-refractivity contribution < 1.29 is 9.59 Å². The summed E-state index contributed by atoms with van der Waals surface area (Å²) in [5.41, 5.74) is 4.75. The lowest BCUT2D eigenvalue weighted by Gasteiger charge is -2.28. The van der Waals surface area contributed by atoms with Crippen molar-refractivity contribution >= 4 is 28.9 Å². The highest BCUT2D eigenvalue weighted by Gasteiger charge is 2.13. The molecule has 0 aromatic heterocycles. The van der Waals surface area contributed by atoms with Crippen molar-refractivity contribution in [3.8, 4) is 0 Å². The summed E-state index contributed by atoms with van der Waals surface area (Å²) in [4.78, 5) is 26.6. The van der Waals surface area contributed by atoms with E-state index in [1.807, 2.05) is 56.3 Å². The van der Waals surface area contributed by atoms with E-state index in [4.69, 9.17) is 0 Å². The third-order valence-corrected chi connectivity index (χ3v) is 4.70. The molecule has 27 heavy (non-hydrogen) atoms. The predicted octanol–water partition coefficient (Wildman–Crippen LogP) is 4.26. The molecule has 1 aliphatic heterocycles. The zero-order chi connectivity index (χ0) is 19.2. The Labute approximate surface area is 160 Å². The predicted molar refractivity (Wildman–Crippen MR) is 110 cm³/mol. The Kier molecular flexibility index (Phi) is 6.12. The standard InChI is InChI=1S/C22H27N3O2/c1-16-12-17(2)14-19(13-16)24-22(27)15-21(26)23-18-6-8-20(9-7-18)25-10-4-3-5-11-25/h6-9,12-14H,3-5,10-11,15H2,1-2H3,(H,23,26)(H,24,27). The number of nitrogens with one attached hydrogen (secondary N) is 2. The Bertz CT molecular complexity index is 789. The number of carbonyl (C=O) groups is 2.